The molecule has 1 N–H and O–H groups in total. The Hall–Kier alpha value is -1.07. The summed E-state index contributed by atoms with van der Waals surface area (Å²) in [6.45, 7) is 0.355. The van der Waals surface area contributed by atoms with Gasteiger partial charge in [0.05, 0.1) is 11.5 Å². The molecule has 1 aliphatic heterocycles. The summed E-state index contributed by atoms with van der Waals surface area (Å²) in [7, 11) is -3.06. The predicted octanol–water partition coefficient (Wildman–Crippen LogP) is 0.240. The summed E-state index contributed by atoms with van der Waals surface area (Å²) < 4.78 is 22.5. The molecular formula is C10H13NO3S. The molecule has 1 atom stereocenters. The van der Waals surface area contributed by atoms with E-state index in [4.69, 9.17) is 0 Å². The third-order valence-corrected chi connectivity index (χ3v) is 4.10. The summed E-state index contributed by atoms with van der Waals surface area (Å²) in [5, 5.41) is 9.70. The molecule has 1 aromatic carbocycles. The molecule has 0 aromatic heterocycles. The van der Waals surface area contributed by atoms with Gasteiger partial charge in [-0.2, -0.15) is 0 Å². The van der Waals surface area contributed by atoms with E-state index < -0.39 is 16.1 Å². The second-order valence-electron chi connectivity index (χ2n) is 3.62. The van der Waals surface area contributed by atoms with Gasteiger partial charge in [0.15, 0.2) is 9.84 Å². The van der Waals surface area contributed by atoms with E-state index in [0.717, 1.165) is 5.69 Å². The van der Waals surface area contributed by atoms with Gasteiger partial charge in [0.2, 0.25) is 0 Å². The van der Waals surface area contributed by atoms with Crippen LogP contribution in [0, 0.1) is 0 Å². The Kier molecular flexibility index (Phi) is 2.67. The Morgan fingerprint density at radius 1 is 1.27 bits per heavy atom. The van der Waals surface area contributed by atoms with Crippen LogP contribution >= 0.6 is 0 Å². The fourth-order valence-corrected chi connectivity index (χ4v) is 2.98. The molecule has 1 aromatic rings. The lowest BCUT2D eigenvalue weighted by atomic mass is 10.3. The molecule has 1 aliphatic rings. The van der Waals surface area contributed by atoms with Crippen molar-refractivity contribution in [1.82, 2.24) is 0 Å². The van der Waals surface area contributed by atoms with Gasteiger partial charge in [0.25, 0.3) is 0 Å². The van der Waals surface area contributed by atoms with Crippen LogP contribution in [0.1, 0.15) is 0 Å². The molecule has 0 radical (unpaired) electrons. The summed E-state index contributed by atoms with van der Waals surface area (Å²) in [4.78, 5) is 1.71. The van der Waals surface area contributed by atoms with Crippen LogP contribution in [-0.2, 0) is 9.84 Å². The summed E-state index contributed by atoms with van der Waals surface area (Å²) in [5.41, 5.74) is 0.861. The van der Waals surface area contributed by atoms with Crippen LogP contribution in [0.15, 0.2) is 30.3 Å². The number of aliphatic hydroxyl groups excluding tert-OH is 1. The SMILES string of the molecule is O=S1(=O)CCN(c2ccccc2)C(O)C1. The van der Waals surface area contributed by atoms with Crippen molar-refractivity contribution in [2.24, 2.45) is 0 Å². The molecule has 0 amide bonds. The first kappa shape index (κ1) is 10.4. The zero-order valence-corrected chi connectivity index (χ0v) is 9.02. The smallest absolute Gasteiger partial charge is 0.156 e. The van der Waals surface area contributed by atoms with Gasteiger partial charge < -0.3 is 10.0 Å². The van der Waals surface area contributed by atoms with Crippen molar-refractivity contribution in [2.75, 3.05) is 23.0 Å². The normalized spacial score (nSPS) is 25.1. The monoisotopic (exact) mass is 227 g/mol. The summed E-state index contributed by atoms with van der Waals surface area (Å²) in [6.07, 6.45) is -0.925. The third kappa shape index (κ3) is 2.30. The van der Waals surface area contributed by atoms with Crippen LogP contribution in [0.3, 0.4) is 0 Å². The number of hydrogen-bond acceptors (Lipinski definition) is 4. The molecule has 1 saturated heterocycles. The average molecular weight is 227 g/mol. The van der Waals surface area contributed by atoms with Gasteiger partial charge in [-0.05, 0) is 12.1 Å². The van der Waals surface area contributed by atoms with E-state index >= 15 is 0 Å². The Labute approximate surface area is 89.1 Å². The van der Waals surface area contributed by atoms with Crippen LogP contribution in [0.2, 0.25) is 0 Å². The minimum atomic E-state index is -3.06. The van der Waals surface area contributed by atoms with Crippen molar-refractivity contribution in [2.45, 2.75) is 6.23 Å². The third-order valence-electron chi connectivity index (χ3n) is 2.49. The lowest BCUT2D eigenvalue weighted by Crippen LogP contribution is -2.48. The number of nitrogens with zero attached hydrogens (tertiary/aromatic N) is 1. The topological polar surface area (TPSA) is 57.6 Å². The van der Waals surface area contributed by atoms with E-state index in [1.54, 1.807) is 4.90 Å². The predicted molar refractivity (Wildman–Crippen MR) is 58.4 cm³/mol. The summed E-state index contributed by atoms with van der Waals surface area (Å²) >= 11 is 0. The maximum absolute atomic E-state index is 11.3. The molecule has 1 fully saturated rings. The molecule has 0 saturated carbocycles. The van der Waals surface area contributed by atoms with Crippen LogP contribution in [0.25, 0.3) is 0 Å². The highest BCUT2D eigenvalue weighted by atomic mass is 32.2. The minimum Gasteiger partial charge on any atom is -0.373 e. The van der Waals surface area contributed by atoms with Crippen LogP contribution in [0.4, 0.5) is 5.69 Å². The number of rotatable bonds is 1. The highest BCUT2D eigenvalue weighted by Gasteiger charge is 2.29. The van der Waals surface area contributed by atoms with Crippen LogP contribution in [-0.4, -0.2) is 37.8 Å². The van der Waals surface area contributed by atoms with E-state index in [1.165, 1.54) is 0 Å². The molecule has 1 unspecified atom stereocenters. The lowest BCUT2D eigenvalue weighted by Gasteiger charge is -2.33. The molecule has 5 heteroatoms. The van der Waals surface area contributed by atoms with E-state index in [2.05, 4.69) is 0 Å². The maximum atomic E-state index is 11.3. The number of hydrogen-bond donors (Lipinski definition) is 1. The molecule has 82 valence electrons. The van der Waals surface area contributed by atoms with Crippen molar-refractivity contribution in [3.63, 3.8) is 0 Å². The first-order chi connectivity index (χ1) is 7.08. The number of para-hydroxylation sites is 1. The van der Waals surface area contributed by atoms with Gasteiger partial charge in [0.1, 0.15) is 6.23 Å². The Bertz CT molecular complexity index is 429. The van der Waals surface area contributed by atoms with Crippen molar-refractivity contribution in [1.29, 1.82) is 0 Å². The van der Waals surface area contributed by atoms with Gasteiger partial charge in [-0.15, -0.1) is 0 Å². The minimum absolute atomic E-state index is 0.110. The first-order valence-corrected chi connectivity index (χ1v) is 6.61. The van der Waals surface area contributed by atoms with Gasteiger partial charge in [-0.1, -0.05) is 18.2 Å². The molecule has 15 heavy (non-hydrogen) atoms. The molecule has 0 bridgehead atoms. The van der Waals surface area contributed by atoms with Gasteiger partial charge in [-0.25, -0.2) is 8.42 Å². The summed E-state index contributed by atoms with van der Waals surface area (Å²) in [6, 6.07) is 9.34. The second-order valence-corrected chi connectivity index (χ2v) is 5.85. The number of anilines is 1. The molecule has 0 aliphatic carbocycles. The fourth-order valence-electron chi connectivity index (χ4n) is 1.71. The Balaban J connectivity index is 2.20. The highest BCUT2D eigenvalue weighted by molar-refractivity contribution is 7.91. The zero-order valence-electron chi connectivity index (χ0n) is 8.20. The molecule has 0 spiro atoms. The summed E-state index contributed by atoms with van der Waals surface area (Å²) in [5.74, 6) is -0.0686. The van der Waals surface area contributed by atoms with E-state index in [0.29, 0.717) is 6.54 Å². The van der Waals surface area contributed by atoms with Gasteiger partial charge in [-0.3, -0.25) is 0 Å². The number of aliphatic hydroxyl groups is 1. The number of benzene rings is 1. The average Bonchev–Trinajstić information content (AvgIpc) is 2.17. The van der Waals surface area contributed by atoms with Crippen LogP contribution in [0.5, 0.6) is 0 Å². The van der Waals surface area contributed by atoms with E-state index in [1.807, 2.05) is 30.3 Å². The molecule has 2 rings (SSSR count). The Morgan fingerprint density at radius 2 is 1.93 bits per heavy atom. The van der Waals surface area contributed by atoms with Gasteiger partial charge >= 0.3 is 0 Å². The van der Waals surface area contributed by atoms with E-state index in [9.17, 15) is 13.5 Å². The maximum Gasteiger partial charge on any atom is 0.156 e. The zero-order chi connectivity index (χ0) is 10.9. The lowest BCUT2D eigenvalue weighted by molar-refractivity contribution is 0.188. The quantitative estimate of drug-likeness (QED) is 0.746. The molecular weight excluding hydrogens is 214 g/mol. The van der Waals surface area contributed by atoms with Crippen molar-refractivity contribution < 1.29 is 13.5 Å². The number of sulfone groups is 1. The largest absolute Gasteiger partial charge is 0.373 e. The highest BCUT2D eigenvalue weighted by Crippen LogP contribution is 2.19. The standard InChI is InChI=1S/C10H13NO3S/c12-10-8-15(13,14)7-6-11(10)9-4-2-1-3-5-9/h1-5,10,12H,6-8H2. The van der Waals surface area contributed by atoms with Crippen molar-refractivity contribution in [3.8, 4) is 0 Å². The van der Waals surface area contributed by atoms with Crippen molar-refractivity contribution in [3.05, 3.63) is 30.3 Å². The second kappa shape index (κ2) is 3.83. The Morgan fingerprint density at radius 3 is 2.53 bits per heavy atom. The van der Waals surface area contributed by atoms with E-state index in [-0.39, 0.29) is 11.5 Å². The van der Waals surface area contributed by atoms with Gasteiger partial charge in [0, 0.05) is 12.2 Å². The fraction of sp³-hybridized carbons (Fsp3) is 0.400. The van der Waals surface area contributed by atoms with Crippen LogP contribution < -0.4 is 4.90 Å². The first-order valence-electron chi connectivity index (χ1n) is 4.79. The molecule has 4 nitrogen and oxygen atoms in total. The molecule has 1 heterocycles. The van der Waals surface area contributed by atoms with Crippen molar-refractivity contribution >= 4 is 15.5 Å².